The number of hydrazone groups is 1. The molecule has 0 radical (unpaired) electrons. The van der Waals surface area contributed by atoms with Crippen molar-refractivity contribution in [1.82, 2.24) is 10.4 Å². The molecule has 3 aromatic rings. The van der Waals surface area contributed by atoms with E-state index in [-0.39, 0.29) is 12.7 Å². The summed E-state index contributed by atoms with van der Waals surface area (Å²) in [6.07, 6.45) is -0.139. The van der Waals surface area contributed by atoms with Crippen LogP contribution in [0.4, 0.5) is 5.69 Å². The number of pyridine rings is 1. The monoisotopic (exact) mass is 429 g/mol. The van der Waals surface area contributed by atoms with Crippen molar-refractivity contribution in [2.24, 2.45) is 10.8 Å². The summed E-state index contributed by atoms with van der Waals surface area (Å²) in [6, 6.07) is 20.0. The topological polar surface area (TPSA) is 116 Å². The summed E-state index contributed by atoms with van der Waals surface area (Å²) >= 11 is 0. The van der Waals surface area contributed by atoms with Crippen LogP contribution in [0.15, 0.2) is 65.8 Å². The van der Waals surface area contributed by atoms with Crippen LogP contribution in [-0.2, 0) is 5.54 Å². The summed E-state index contributed by atoms with van der Waals surface area (Å²) in [6.45, 7) is 0.227. The molecular formula is C24H23N5O3. The molecule has 1 unspecified atom stereocenters. The number of nitrogens with zero attached hydrogens (tertiary/aromatic N) is 3. The molecule has 3 heterocycles. The summed E-state index contributed by atoms with van der Waals surface area (Å²) in [7, 11) is 0. The summed E-state index contributed by atoms with van der Waals surface area (Å²) in [4.78, 5) is 6.56. The minimum atomic E-state index is -0.957. The SMILES string of the molecule is NC1(c2ccc(-c3nc4c(cc3-c3ccccc3)N3C(=NNC3O)CO4)cc2)CC(O)C1. The third-order valence-electron chi connectivity index (χ3n) is 6.42. The van der Waals surface area contributed by atoms with Crippen molar-refractivity contribution in [3.63, 3.8) is 0 Å². The van der Waals surface area contributed by atoms with Crippen LogP contribution in [0.2, 0.25) is 0 Å². The van der Waals surface area contributed by atoms with Gasteiger partial charge in [0.1, 0.15) is 12.3 Å². The minimum absolute atomic E-state index is 0.227. The van der Waals surface area contributed by atoms with E-state index in [1.807, 2.05) is 60.7 Å². The lowest BCUT2D eigenvalue weighted by atomic mass is 9.70. The number of nitrogens with one attached hydrogen (secondary N) is 1. The summed E-state index contributed by atoms with van der Waals surface area (Å²) in [5, 5.41) is 24.2. The molecule has 1 atom stereocenters. The van der Waals surface area contributed by atoms with Gasteiger partial charge in [-0.3, -0.25) is 10.3 Å². The highest BCUT2D eigenvalue weighted by atomic mass is 16.5. The predicted molar refractivity (Wildman–Crippen MR) is 121 cm³/mol. The Labute approximate surface area is 185 Å². The molecule has 8 heteroatoms. The zero-order chi connectivity index (χ0) is 21.9. The molecule has 6 rings (SSSR count). The van der Waals surface area contributed by atoms with Crippen LogP contribution in [0.3, 0.4) is 0 Å². The van der Waals surface area contributed by atoms with Crippen LogP contribution in [0.5, 0.6) is 5.88 Å². The Morgan fingerprint density at radius 2 is 1.78 bits per heavy atom. The number of nitrogens with two attached hydrogens (primary N) is 1. The zero-order valence-corrected chi connectivity index (χ0v) is 17.3. The number of hydrogen-bond donors (Lipinski definition) is 4. The molecule has 0 saturated heterocycles. The minimum Gasteiger partial charge on any atom is -0.468 e. The lowest BCUT2D eigenvalue weighted by Crippen LogP contribution is -2.51. The summed E-state index contributed by atoms with van der Waals surface area (Å²) in [5.74, 6) is 1.06. The third-order valence-corrected chi connectivity index (χ3v) is 6.42. The van der Waals surface area contributed by atoms with Gasteiger partial charge in [-0.25, -0.2) is 4.98 Å². The lowest BCUT2D eigenvalue weighted by Gasteiger charge is -2.42. The fraction of sp³-hybridized carbons (Fsp3) is 0.250. The number of hydrogen-bond acceptors (Lipinski definition) is 8. The van der Waals surface area contributed by atoms with Crippen molar-refractivity contribution < 1.29 is 14.9 Å². The van der Waals surface area contributed by atoms with Crippen molar-refractivity contribution in [2.45, 2.75) is 30.8 Å². The maximum Gasteiger partial charge on any atom is 0.239 e. The maximum atomic E-state index is 10.4. The van der Waals surface area contributed by atoms with E-state index in [1.165, 1.54) is 0 Å². The second kappa shape index (κ2) is 7.03. The second-order valence-electron chi connectivity index (χ2n) is 8.56. The molecule has 2 aliphatic heterocycles. The molecule has 3 aliphatic rings. The number of anilines is 1. The van der Waals surface area contributed by atoms with Gasteiger partial charge in [-0.05, 0) is 30.0 Å². The van der Waals surface area contributed by atoms with E-state index in [2.05, 4.69) is 10.5 Å². The van der Waals surface area contributed by atoms with Crippen LogP contribution < -0.4 is 20.8 Å². The van der Waals surface area contributed by atoms with Crippen LogP contribution >= 0.6 is 0 Å². The quantitative estimate of drug-likeness (QED) is 0.504. The first-order valence-corrected chi connectivity index (χ1v) is 10.6. The van der Waals surface area contributed by atoms with E-state index in [0.29, 0.717) is 30.2 Å². The molecule has 1 fully saturated rings. The van der Waals surface area contributed by atoms with Crippen molar-refractivity contribution in [1.29, 1.82) is 0 Å². The molecule has 2 aromatic carbocycles. The first-order valence-electron chi connectivity index (χ1n) is 10.6. The van der Waals surface area contributed by atoms with Crippen molar-refractivity contribution >= 4 is 11.5 Å². The summed E-state index contributed by atoms with van der Waals surface area (Å²) in [5.41, 5.74) is 13.9. The Morgan fingerprint density at radius 1 is 1.03 bits per heavy atom. The van der Waals surface area contributed by atoms with Crippen molar-refractivity contribution in [3.05, 3.63) is 66.2 Å². The average molecular weight is 429 g/mol. The molecule has 8 nitrogen and oxygen atoms in total. The Balaban J connectivity index is 1.47. The molecule has 5 N–H and O–H groups in total. The van der Waals surface area contributed by atoms with E-state index in [4.69, 9.17) is 15.5 Å². The molecule has 0 bridgehead atoms. The molecule has 0 amide bonds. The van der Waals surface area contributed by atoms with Crippen LogP contribution in [0, 0.1) is 0 Å². The second-order valence-corrected chi connectivity index (χ2v) is 8.56. The van der Waals surface area contributed by atoms with Gasteiger partial charge < -0.3 is 20.7 Å². The first kappa shape index (κ1) is 19.2. The van der Waals surface area contributed by atoms with Gasteiger partial charge in [-0.1, -0.05) is 54.6 Å². The van der Waals surface area contributed by atoms with Gasteiger partial charge in [0.2, 0.25) is 12.2 Å². The normalized spacial score (nSPS) is 25.7. The van der Waals surface area contributed by atoms with Gasteiger partial charge in [0.05, 0.1) is 11.8 Å². The number of amidine groups is 1. The van der Waals surface area contributed by atoms with Gasteiger partial charge in [0.25, 0.3) is 0 Å². The number of aliphatic hydroxyl groups is 2. The smallest absolute Gasteiger partial charge is 0.239 e. The van der Waals surface area contributed by atoms with E-state index in [9.17, 15) is 10.2 Å². The van der Waals surface area contributed by atoms with Crippen LogP contribution in [0.1, 0.15) is 18.4 Å². The first-order chi connectivity index (χ1) is 15.5. The number of aromatic nitrogens is 1. The number of aliphatic hydroxyl groups excluding tert-OH is 2. The largest absolute Gasteiger partial charge is 0.468 e. The highest BCUT2D eigenvalue weighted by molar-refractivity contribution is 6.04. The van der Waals surface area contributed by atoms with Crippen LogP contribution in [0.25, 0.3) is 22.4 Å². The molecular weight excluding hydrogens is 406 g/mol. The Bertz CT molecular complexity index is 1210. The van der Waals surface area contributed by atoms with Crippen LogP contribution in [-0.4, -0.2) is 40.1 Å². The number of ether oxygens (including phenoxy) is 1. The van der Waals surface area contributed by atoms with Gasteiger partial charge in [0, 0.05) is 16.7 Å². The van der Waals surface area contributed by atoms with Crippen molar-refractivity contribution in [3.8, 4) is 28.3 Å². The van der Waals surface area contributed by atoms with Gasteiger partial charge in [-0.15, -0.1) is 0 Å². The molecule has 162 valence electrons. The average Bonchev–Trinajstić information content (AvgIpc) is 3.19. The van der Waals surface area contributed by atoms with Crippen molar-refractivity contribution in [2.75, 3.05) is 11.5 Å². The Kier molecular flexibility index (Phi) is 4.23. The highest BCUT2D eigenvalue weighted by Crippen LogP contribution is 2.43. The third kappa shape index (κ3) is 2.96. The Morgan fingerprint density at radius 3 is 2.50 bits per heavy atom. The van der Waals surface area contributed by atoms with E-state index < -0.39 is 11.9 Å². The van der Waals surface area contributed by atoms with E-state index in [1.54, 1.807) is 4.90 Å². The maximum absolute atomic E-state index is 10.4. The van der Waals surface area contributed by atoms with Gasteiger partial charge in [-0.2, -0.15) is 5.10 Å². The zero-order valence-electron chi connectivity index (χ0n) is 17.3. The number of rotatable bonds is 3. The molecule has 1 aliphatic carbocycles. The summed E-state index contributed by atoms with van der Waals surface area (Å²) < 4.78 is 5.87. The molecule has 32 heavy (non-hydrogen) atoms. The Hall–Kier alpha value is -3.46. The predicted octanol–water partition coefficient (Wildman–Crippen LogP) is 2.12. The van der Waals surface area contributed by atoms with E-state index >= 15 is 0 Å². The standard InChI is InChI=1S/C24H23N5O3/c25-24(11-17(30)12-24)16-8-6-15(7-9-16)21-18(14-4-2-1-3-5-14)10-19-22(26-21)32-13-20-27-28-23(31)29(19)20/h1-10,17,23,28,30-31H,11-13,25H2. The fourth-order valence-electron chi connectivity index (χ4n) is 4.69. The lowest BCUT2D eigenvalue weighted by molar-refractivity contribution is 0.0209. The fourth-order valence-corrected chi connectivity index (χ4v) is 4.69. The van der Waals surface area contributed by atoms with Gasteiger partial charge >= 0.3 is 0 Å². The van der Waals surface area contributed by atoms with Gasteiger partial charge in [0.15, 0.2) is 5.84 Å². The molecule has 1 aromatic heterocycles. The number of fused-ring (bicyclic) bond motifs is 3. The van der Waals surface area contributed by atoms with E-state index in [0.717, 1.165) is 27.9 Å². The number of benzene rings is 2. The highest BCUT2D eigenvalue weighted by Gasteiger charge is 2.41. The molecule has 1 saturated carbocycles. The molecule has 0 spiro atoms.